The van der Waals surface area contributed by atoms with Crippen molar-refractivity contribution < 1.29 is 8.78 Å². The van der Waals surface area contributed by atoms with Gasteiger partial charge in [-0.15, -0.1) is 11.3 Å². The van der Waals surface area contributed by atoms with Crippen LogP contribution < -0.4 is 5.73 Å². The normalized spacial score (nSPS) is 10.8. The van der Waals surface area contributed by atoms with Crippen molar-refractivity contribution in [1.29, 1.82) is 0 Å². The molecule has 0 unspecified atom stereocenters. The lowest BCUT2D eigenvalue weighted by atomic mass is 10.1. The Morgan fingerprint density at radius 1 is 1.05 bits per heavy atom. The SMILES string of the molecule is NCc1cccc(-c2csc(-c3c(F)cccc3F)n2)c1. The van der Waals surface area contributed by atoms with E-state index >= 15 is 0 Å². The molecule has 21 heavy (non-hydrogen) atoms. The Kier molecular flexibility index (Phi) is 3.77. The molecule has 0 spiro atoms. The highest BCUT2D eigenvalue weighted by atomic mass is 32.1. The smallest absolute Gasteiger partial charge is 0.136 e. The van der Waals surface area contributed by atoms with Crippen LogP contribution in [-0.2, 0) is 6.54 Å². The van der Waals surface area contributed by atoms with Crippen LogP contribution in [0.15, 0.2) is 47.8 Å². The maximum Gasteiger partial charge on any atom is 0.136 e. The molecule has 5 heteroatoms. The number of hydrogen-bond acceptors (Lipinski definition) is 3. The van der Waals surface area contributed by atoms with Gasteiger partial charge in [-0.05, 0) is 23.8 Å². The van der Waals surface area contributed by atoms with E-state index in [4.69, 9.17) is 5.73 Å². The van der Waals surface area contributed by atoms with Crippen LogP contribution >= 0.6 is 11.3 Å². The van der Waals surface area contributed by atoms with E-state index in [0.717, 1.165) is 11.1 Å². The summed E-state index contributed by atoms with van der Waals surface area (Å²) >= 11 is 1.22. The topological polar surface area (TPSA) is 38.9 Å². The van der Waals surface area contributed by atoms with Gasteiger partial charge in [0.25, 0.3) is 0 Å². The quantitative estimate of drug-likeness (QED) is 0.787. The fourth-order valence-electron chi connectivity index (χ4n) is 2.08. The van der Waals surface area contributed by atoms with Crippen molar-refractivity contribution in [2.75, 3.05) is 0 Å². The molecule has 3 aromatic rings. The van der Waals surface area contributed by atoms with Crippen LogP contribution in [0, 0.1) is 11.6 Å². The highest BCUT2D eigenvalue weighted by molar-refractivity contribution is 7.13. The van der Waals surface area contributed by atoms with Crippen molar-refractivity contribution in [3.8, 4) is 21.8 Å². The monoisotopic (exact) mass is 302 g/mol. The summed E-state index contributed by atoms with van der Waals surface area (Å²) in [6.45, 7) is 0.437. The van der Waals surface area contributed by atoms with Crippen LogP contribution in [0.25, 0.3) is 21.8 Å². The molecule has 1 heterocycles. The molecule has 0 aliphatic rings. The van der Waals surface area contributed by atoms with E-state index in [0.29, 0.717) is 17.2 Å². The van der Waals surface area contributed by atoms with Gasteiger partial charge in [-0.3, -0.25) is 0 Å². The zero-order valence-electron chi connectivity index (χ0n) is 11.0. The third kappa shape index (κ3) is 2.70. The Morgan fingerprint density at radius 2 is 1.76 bits per heavy atom. The van der Waals surface area contributed by atoms with Gasteiger partial charge in [0.05, 0.1) is 11.3 Å². The zero-order valence-corrected chi connectivity index (χ0v) is 11.8. The molecule has 0 saturated heterocycles. The van der Waals surface area contributed by atoms with Crippen LogP contribution in [0.2, 0.25) is 0 Å². The number of nitrogens with zero attached hydrogens (tertiary/aromatic N) is 1. The van der Waals surface area contributed by atoms with Crippen LogP contribution in [0.4, 0.5) is 8.78 Å². The van der Waals surface area contributed by atoms with Crippen molar-refractivity contribution in [3.05, 3.63) is 65.0 Å². The van der Waals surface area contributed by atoms with Crippen LogP contribution in [-0.4, -0.2) is 4.98 Å². The molecule has 1 aromatic heterocycles. The van der Waals surface area contributed by atoms with Crippen molar-refractivity contribution in [1.82, 2.24) is 4.98 Å². The fourth-order valence-corrected chi connectivity index (χ4v) is 2.96. The van der Waals surface area contributed by atoms with Gasteiger partial charge in [0, 0.05) is 17.5 Å². The molecule has 0 saturated carbocycles. The first kappa shape index (κ1) is 13.9. The molecule has 0 fully saturated rings. The van der Waals surface area contributed by atoms with Gasteiger partial charge >= 0.3 is 0 Å². The lowest BCUT2D eigenvalue weighted by molar-refractivity contribution is 0.589. The Labute approximate surface area is 124 Å². The molecule has 3 rings (SSSR count). The molecule has 2 aromatic carbocycles. The number of hydrogen-bond donors (Lipinski definition) is 1. The summed E-state index contributed by atoms with van der Waals surface area (Å²) < 4.78 is 27.6. The third-order valence-corrected chi connectivity index (χ3v) is 4.00. The summed E-state index contributed by atoms with van der Waals surface area (Å²) in [5.41, 5.74) is 8.10. The van der Waals surface area contributed by atoms with E-state index < -0.39 is 11.6 Å². The molecular weight excluding hydrogens is 290 g/mol. The number of halogens is 2. The predicted molar refractivity (Wildman–Crippen MR) is 80.8 cm³/mol. The molecular formula is C16H12F2N2S. The lowest BCUT2D eigenvalue weighted by Crippen LogP contribution is -1.95. The van der Waals surface area contributed by atoms with Crippen molar-refractivity contribution >= 4 is 11.3 Å². The van der Waals surface area contributed by atoms with Crippen molar-refractivity contribution in [2.45, 2.75) is 6.54 Å². The average molecular weight is 302 g/mol. The highest BCUT2D eigenvalue weighted by Crippen LogP contribution is 2.32. The minimum atomic E-state index is -0.605. The Bertz CT molecular complexity index is 763. The van der Waals surface area contributed by atoms with Gasteiger partial charge in [0.2, 0.25) is 0 Å². The molecule has 2 N–H and O–H groups in total. The summed E-state index contributed by atoms with van der Waals surface area (Å²) in [7, 11) is 0. The Balaban J connectivity index is 2.04. The van der Waals surface area contributed by atoms with Crippen LogP contribution in [0.1, 0.15) is 5.56 Å². The van der Waals surface area contributed by atoms with Gasteiger partial charge in [-0.1, -0.05) is 24.3 Å². The molecule has 0 bridgehead atoms. The van der Waals surface area contributed by atoms with Crippen LogP contribution in [0.5, 0.6) is 0 Å². The predicted octanol–water partition coefficient (Wildman–Crippen LogP) is 4.21. The minimum Gasteiger partial charge on any atom is -0.326 e. The number of nitrogens with two attached hydrogens (primary N) is 1. The van der Waals surface area contributed by atoms with E-state index in [-0.39, 0.29) is 5.56 Å². The number of thiazole rings is 1. The second-order valence-electron chi connectivity index (χ2n) is 4.54. The Hall–Kier alpha value is -2.11. The second kappa shape index (κ2) is 5.71. The molecule has 0 amide bonds. The van der Waals surface area contributed by atoms with Crippen molar-refractivity contribution in [2.24, 2.45) is 5.73 Å². The summed E-state index contributed by atoms with van der Waals surface area (Å²) in [6.07, 6.45) is 0. The van der Waals surface area contributed by atoms with Gasteiger partial charge in [-0.2, -0.15) is 0 Å². The molecule has 106 valence electrons. The number of benzene rings is 2. The summed E-state index contributed by atoms with van der Waals surface area (Å²) in [6, 6.07) is 11.4. The first-order valence-corrected chi connectivity index (χ1v) is 7.26. The largest absolute Gasteiger partial charge is 0.326 e. The summed E-state index contributed by atoms with van der Waals surface area (Å²) in [4.78, 5) is 4.35. The fraction of sp³-hybridized carbons (Fsp3) is 0.0625. The third-order valence-electron chi connectivity index (χ3n) is 3.14. The van der Waals surface area contributed by atoms with Crippen LogP contribution in [0.3, 0.4) is 0 Å². The summed E-state index contributed by atoms with van der Waals surface area (Å²) in [5, 5.41) is 2.12. The molecule has 0 atom stereocenters. The number of rotatable bonds is 3. The standard InChI is InChI=1S/C16H12F2N2S/c17-12-5-2-6-13(18)15(12)16-20-14(9-21-16)11-4-1-3-10(7-11)8-19/h1-7,9H,8,19H2. The maximum atomic E-state index is 13.8. The lowest BCUT2D eigenvalue weighted by Gasteiger charge is -2.01. The molecule has 2 nitrogen and oxygen atoms in total. The Morgan fingerprint density at radius 3 is 2.48 bits per heavy atom. The summed E-state index contributed by atoms with van der Waals surface area (Å²) in [5.74, 6) is -1.21. The van der Waals surface area contributed by atoms with E-state index in [9.17, 15) is 8.78 Å². The molecule has 0 aliphatic heterocycles. The maximum absolute atomic E-state index is 13.8. The van der Waals surface area contributed by atoms with E-state index in [2.05, 4.69) is 4.98 Å². The first-order chi connectivity index (χ1) is 10.2. The van der Waals surface area contributed by atoms with E-state index in [1.54, 1.807) is 5.38 Å². The van der Waals surface area contributed by atoms with E-state index in [1.807, 2.05) is 24.3 Å². The second-order valence-corrected chi connectivity index (χ2v) is 5.40. The molecule has 0 radical (unpaired) electrons. The highest BCUT2D eigenvalue weighted by Gasteiger charge is 2.15. The van der Waals surface area contributed by atoms with E-state index in [1.165, 1.54) is 29.5 Å². The van der Waals surface area contributed by atoms with Crippen molar-refractivity contribution in [3.63, 3.8) is 0 Å². The first-order valence-electron chi connectivity index (χ1n) is 6.38. The number of aromatic nitrogens is 1. The minimum absolute atomic E-state index is 0.0799. The van der Waals surface area contributed by atoms with Gasteiger partial charge < -0.3 is 5.73 Å². The van der Waals surface area contributed by atoms with Gasteiger partial charge in [0.1, 0.15) is 16.6 Å². The average Bonchev–Trinajstić information content (AvgIpc) is 2.97. The molecule has 0 aliphatic carbocycles. The van der Waals surface area contributed by atoms with Gasteiger partial charge in [-0.25, -0.2) is 13.8 Å². The van der Waals surface area contributed by atoms with Gasteiger partial charge in [0.15, 0.2) is 0 Å². The zero-order chi connectivity index (χ0) is 14.8.